The maximum Gasteiger partial charge on any atom is 0.251 e. The number of nitrogens with two attached hydrogens (primary N) is 2. The van der Waals surface area contributed by atoms with Gasteiger partial charge in [0.05, 0.1) is 6.04 Å². The number of carbonyl (C=O) groups excluding carboxylic acids is 3. The van der Waals surface area contributed by atoms with Crippen molar-refractivity contribution >= 4 is 17.6 Å². The van der Waals surface area contributed by atoms with E-state index in [1.165, 1.54) is 6.92 Å². The second-order valence-electron chi connectivity index (χ2n) is 4.89. The molecule has 0 aliphatic carbocycles. The largest absolute Gasteiger partial charge is 0.368 e. The summed E-state index contributed by atoms with van der Waals surface area (Å²) in [5.74, 6) is -0.735. The molecule has 0 bridgehead atoms. The van der Waals surface area contributed by atoms with Gasteiger partial charge in [-0.2, -0.15) is 0 Å². The minimum absolute atomic E-state index is 0.0345. The van der Waals surface area contributed by atoms with Crippen molar-refractivity contribution in [2.45, 2.75) is 32.2 Å². The quantitative estimate of drug-likeness (QED) is 0.480. The average molecular weight is 291 g/mol. The standard InChI is InChI=1S/C15H21N3O3/c1-10(19)11-5-7-12(8-6-11)15(21)18-9-3-2-4-13(16)14(17)20/h5-8,13H,2-4,9,16H2,1H3,(H2,17,20)(H,18,21). The van der Waals surface area contributed by atoms with E-state index in [9.17, 15) is 14.4 Å². The number of amides is 2. The number of carbonyl (C=O) groups is 3. The summed E-state index contributed by atoms with van der Waals surface area (Å²) in [7, 11) is 0. The Bertz CT molecular complexity index is 511. The summed E-state index contributed by atoms with van der Waals surface area (Å²) in [5, 5.41) is 2.77. The van der Waals surface area contributed by atoms with Crippen LogP contribution in [0.25, 0.3) is 0 Å². The van der Waals surface area contributed by atoms with Gasteiger partial charge in [-0.25, -0.2) is 0 Å². The predicted molar refractivity (Wildman–Crippen MR) is 79.8 cm³/mol. The molecule has 0 aliphatic heterocycles. The molecule has 21 heavy (non-hydrogen) atoms. The molecule has 2 amide bonds. The van der Waals surface area contributed by atoms with Gasteiger partial charge in [-0.1, -0.05) is 12.1 Å². The van der Waals surface area contributed by atoms with E-state index in [1.54, 1.807) is 24.3 Å². The number of rotatable bonds is 8. The van der Waals surface area contributed by atoms with Gasteiger partial charge in [0, 0.05) is 17.7 Å². The Hall–Kier alpha value is -2.21. The summed E-state index contributed by atoms with van der Waals surface area (Å²) >= 11 is 0. The highest BCUT2D eigenvalue weighted by atomic mass is 16.2. The van der Waals surface area contributed by atoms with Crippen LogP contribution in [-0.2, 0) is 4.79 Å². The van der Waals surface area contributed by atoms with E-state index >= 15 is 0 Å². The fourth-order valence-electron chi connectivity index (χ4n) is 1.79. The van der Waals surface area contributed by atoms with E-state index in [-0.39, 0.29) is 11.7 Å². The van der Waals surface area contributed by atoms with Crippen molar-refractivity contribution in [1.29, 1.82) is 0 Å². The lowest BCUT2D eigenvalue weighted by Gasteiger charge is -2.08. The summed E-state index contributed by atoms with van der Waals surface area (Å²) in [4.78, 5) is 33.7. The highest BCUT2D eigenvalue weighted by molar-refractivity contribution is 5.97. The Morgan fingerprint density at radius 3 is 2.19 bits per heavy atom. The Kier molecular flexibility index (Phi) is 6.55. The predicted octanol–water partition coefficient (Wildman–Crippen LogP) is 0.602. The van der Waals surface area contributed by atoms with Crippen molar-refractivity contribution in [2.75, 3.05) is 6.54 Å². The van der Waals surface area contributed by atoms with Crippen LogP contribution in [0, 0.1) is 0 Å². The second kappa shape index (κ2) is 8.16. The number of hydrogen-bond acceptors (Lipinski definition) is 4. The lowest BCUT2D eigenvalue weighted by molar-refractivity contribution is -0.119. The Morgan fingerprint density at radius 2 is 1.67 bits per heavy atom. The zero-order valence-electron chi connectivity index (χ0n) is 12.1. The third kappa shape index (κ3) is 5.74. The summed E-state index contributed by atoms with van der Waals surface area (Å²) in [6.07, 6.45) is 1.95. The van der Waals surface area contributed by atoms with Crippen molar-refractivity contribution in [3.8, 4) is 0 Å². The smallest absolute Gasteiger partial charge is 0.251 e. The number of hydrogen-bond donors (Lipinski definition) is 3. The minimum Gasteiger partial charge on any atom is -0.368 e. The van der Waals surface area contributed by atoms with Crippen LogP contribution in [0.3, 0.4) is 0 Å². The van der Waals surface area contributed by atoms with Crippen LogP contribution in [0.1, 0.15) is 46.9 Å². The molecule has 1 atom stereocenters. The maximum atomic E-state index is 11.8. The molecule has 0 aromatic heterocycles. The van der Waals surface area contributed by atoms with E-state index < -0.39 is 11.9 Å². The van der Waals surface area contributed by atoms with Gasteiger partial charge in [0.25, 0.3) is 5.91 Å². The van der Waals surface area contributed by atoms with Gasteiger partial charge in [-0.05, 0) is 38.3 Å². The van der Waals surface area contributed by atoms with Gasteiger partial charge < -0.3 is 16.8 Å². The molecule has 1 unspecified atom stereocenters. The first kappa shape index (κ1) is 16.8. The first-order valence-corrected chi connectivity index (χ1v) is 6.86. The molecule has 5 N–H and O–H groups in total. The molecule has 0 heterocycles. The van der Waals surface area contributed by atoms with E-state index in [0.29, 0.717) is 30.5 Å². The number of Topliss-reactive ketones (excluding diaryl/α,β-unsaturated/α-hetero) is 1. The van der Waals surface area contributed by atoms with Crippen molar-refractivity contribution in [3.63, 3.8) is 0 Å². The number of primary amides is 1. The van der Waals surface area contributed by atoms with E-state index in [2.05, 4.69) is 5.32 Å². The lowest BCUT2D eigenvalue weighted by Crippen LogP contribution is -2.36. The molecule has 0 aliphatic rings. The van der Waals surface area contributed by atoms with Crippen molar-refractivity contribution < 1.29 is 14.4 Å². The summed E-state index contributed by atoms with van der Waals surface area (Å²) in [5.41, 5.74) is 11.6. The summed E-state index contributed by atoms with van der Waals surface area (Å²) in [6.45, 7) is 1.98. The van der Waals surface area contributed by atoms with Gasteiger partial charge in [0.15, 0.2) is 5.78 Å². The molecular weight excluding hydrogens is 270 g/mol. The van der Waals surface area contributed by atoms with E-state index in [0.717, 1.165) is 6.42 Å². The second-order valence-corrected chi connectivity index (χ2v) is 4.89. The normalized spacial score (nSPS) is 11.7. The van der Waals surface area contributed by atoms with Crippen molar-refractivity contribution in [3.05, 3.63) is 35.4 Å². The first-order valence-electron chi connectivity index (χ1n) is 6.86. The molecular formula is C15H21N3O3. The highest BCUT2D eigenvalue weighted by Gasteiger charge is 2.09. The topological polar surface area (TPSA) is 115 Å². The van der Waals surface area contributed by atoms with Crippen LogP contribution >= 0.6 is 0 Å². The van der Waals surface area contributed by atoms with Crippen LogP contribution in [0.5, 0.6) is 0 Å². The van der Waals surface area contributed by atoms with Crippen LogP contribution in [-0.4, -0.2) is 30.2 Å². The molecule has 114 valence electrons. The fourth-order valence-corrected chi connectivity index (χ4v) is 1.79. The van der Waals surface area contributed by atoms with Gasteiger partial charge >= 0.3 is 0 Å². The Labute approximate surface area is 123 Å². The molecule has 0 saturated heterocycles. The van der Waals surface area contributed by atoms with Gasteiger partial charge in [0.1, 0.15) is 0 Å². The molecule has 1 rings (SSSR count). The average Bonchev–Trinajstić information content (AvgIpc) is 2.46. The monoisotopic (exact) mass is 291 g/mol. The molecule has 6 nitrogen and oxygen atoms in total. The van der Waals surface area contributed by atoms with Gasteiger partial charge in [-0.15, -0.1) is 0 Å². The molecule has 0 spiro atoms. The molecule has 1 aromatic rings. The van der Waals surface area contributed by atoms with Gasteiger partial charge in [0.2, 0.25) is 5.91 Å². The lowest BCUT2D eigenvalue weighted by atomic mass is 10.1. The van der Waals surface area contributed by atoms with Crippen LogP contribution in [0.4, 0.5) is 0 Å². The minimum atomic E-state index is -0.625. The van der Waals surface area contributed by atoms with Crippen LogP contribution in [0.2, 0.25) is 0 Å². The first-order chi connectivity index (χ1) is 9.91. The molecule has 1 aromatic carbocycles. The SMILES string of the molecule is CC(=O)c1ccc(C(=O)NCCCCC(N)C(N)=O)cc1. The zero-order valence-corrected chi connectivity index (χ0v) is 12.1. The van der Waals surface area contributed by atoms with E-state index in [1.807, 2.05) is 0 Å². The third-order valence-electron chi connectivity index (χ3n) is 3.15. The Morgan fingerprint density at radius 1 is 1.10 bits per heavy atom. The molecule has 0 fully saturated rings. The fraction of sp³-hybridized carbons (Fsp3) is 0.400. The van der Waals surface area contributed by atoms with Gasteiger partial charge in [-0.3, -0.25) is 14.4 Å². The number of unbranched alkanes of at least 4 members (excludes halogenated alkanes) is 1. The van der Waals surface area contributed by atoms with E-state index in [4.69, 9.17) is 11.5 Å². The van der Waals surface area contributed by atoms with Crippen molar-refractivity contribution in [2.24, 2.45) is 11.5 Å². The highest BCUT2D eigenvalue weighted by Crippen LogP contribution is 2.05. The molecule has 6 heteroatoms. The van der Waals surface area contributed by atoms with Crippen LogP contribution in [0.15, 0.2) is 24.3 Å². The third-order valence-corrected chi connectivity index (χ3v) is 3.15. The number of ketones is 1. The van der Waals surface area contributed by atoms with Crippen LogP contribution < -0.4 is 16.8 Å². The number of benzene rings is 1. The Balaban J connectivity index is 2.31. The molecule has 0 radical (unpaired) electrons. The summed E-state index contributed by atoms with van der Waals surface area (Å²) < 4.78 is 0. The number of nitrogens with one attached hydrogen (secondary N) is 1. The molecule has 0 saturated carbocycles. The zero-order chi connectivity index (χ0) is 15.8. The van der Waals surface area contributed by atoms with Crippen molar-refractivity contribution in [1.82, 2.24) is 5.32 Å². The maximum absolute atomic E-state index is 11.8. The summed E-state index contributed by atoms with van der Waals surface area (Å²) in [6, 6.07) is 5.87.